The Kier molecular flexibility index (Phi) is 14.2. The number of nitrogens with zero attached hydrogens (tertiary/aromatic N) is 1. The molecule has 100 valence electrons. The van der Waals surface area contributed by atoms with E-state index in [4.69, 9.17) is 11.6 Å². The zero-order valence-corrected chi connectivity index (χ0v) is 12.8. The molecule has 16 heavy (non-hydrogen) atoms. The van der Waals surface area contributed by atoms with E-state index >= 15 is 0 Å². The minimum absolute atomic E-state index is 0. The van der Waals surface area contributed by atoms with Crippen molar-refractivity contribution in [2.45, 2.75) is 52.4 Å². The maximum Gasteiger partial charge on any atom is 0.0784 e. The molecule has 0 saturated carbocycles. The van der Waals surface area contributed by atoms with Gasteiger partial charge in [0.05, 0.1) is 26.7 Å². The van der Waals surface area contributed by atoms with Crippen molar-refractivity contribution in [1.82, 2.24) is 0 Å². The summed E-state index contributed by atoms with van der Waals surface area (Å²) in [7, 11) is 2.42. The molecule has 0 aromatic heterocycles. The number of alkyl halides is 1. The van der Waals surface area contributed by atoms with Crippen molar-refractivity contribution in [3.8, 4) is 0 Å². The Morgan fingerprint density at radius 3 is 1.62 bits per heavy atom. The van der Waals surface area contributed by atoms with E-state index in [1.807, 2.05) is 0 Å². The number of quaternary nitrogens is 1. The molecule has 0 saturated heterocycles. The van der Waals surface area contributed by atoms with Gasteiger partial charge < -0.3 is 16.9 Å². The molecule has 0 fully saturated rings. The van der Waals surface area contributed by atoms with E-state index in [0.717, 1.165) is 5.88 Å². The standard InChI is InChI=1S/C13H29ClN.ClH/c1-4-6-11-15(3,12-7-5-2)13-9-8-10-14;/h4-13H2,1-3H3;1H/q+1;/p-1. The highest BCUT2D eigenvalue weighted by atomic mass is 35.5. The van der Waals surface area contributed by atoms with Gasteiger partial charge in [0.15, 0.2) is 0 Å². The Morgan fingerprint density at radius 1 is 0.812 bits per heavy atom. The molecular weight excluding hydrogens is 241 g/mol. The average Bonchev–Trinajstić information content (AvgIpc) is 2.24. The van der Waals surface area contributed by atoms with Crippen LogP contribution < -0.4 is 12.4 Å². The highest BCUT2D eigenvalue weighted by Gasteiger charge is 2.19. The molecule has 0 atom stereocenters. The SMILES string of the molecule is CCCC[N+](C)(CCCC)CCCCCl.[Cl-]. The van der Waals surface area contributed by atoms with Gasteiger partial charge in [-0.05, 0) is 25.7 Å². The van der Waals surface area contributed by atoms with Crippen LogP contribution in [-0.4, -0.2) is 37.0 Å². The van der Waals surface area contributed by atoms with Gasteiger partial charge in [-0.3, -0.25) is 0 Å². The van der Waals surface area contributed by atoms with E-state index in [0.29, 0.717) is 0 Å². The molecule has 3 heteroatoms. The van der Waals surface area contributed by atoms with Crippen LogP contribution in [-0.2, 0) is 0 Å². The van der Waals surface area contributed by atoms with Crippen molar-refractivity contribution in [2.24, 2.45) is 0 Å². The summed E-state index contributed by atoms with van der Waals surface area (Å²) in [6, 6.07) is 0. The van der Waals surface area contributed by atoms with Crippen LogP contribution in [0, 0.1) is 0 Å². The molecule has 0 bridgehead atoms. The van der Waals surface area contributed by atoms with E-state index in [1.54, 1.807) is 0 Å². The average molecular weight is 270 g/mol. The molecule has 0 aliphatic rings. The molecule has 0 aromatic rings. The fraction of sp³-hybridized carbons (Fsp3) is 1.00. The van der Waals surface area contributed by atoms with E-state index in [-0.39, 0.29) is 12.4 Å². The van der Waals surface area contributed by atoms with Gasteiger partial charge >= 0.3 is 0 Å². The van der Waals surface area contributed by atoms with E-state index in [1.165, 1.54) is 62.6 Å². The number of rotatable bonds is 10. The Balaban J connectivity index is 0. The summed E-state index contributed by atoms with van der Waals surface area (Å²) in [6.45, 7) is 8.57. The molecule has 0 aromatic carbocycles. The minimum Gasteiger partial charge on any atom is -1.00 e. The highest BCUT2D eigenvalue weighted by molar-refractivity contribution is 6.17. The van der Waals surface area contributed by atoms with Gasteiger partial charge in [0.1, 0.15) is 0 Å². The van der Waals surface area contributed by atoms with E-state index < -0.39 is 0 Å². The van der Waals surface area contributed by atoms with Crippen LogP contribution in [0.2, 0.25) is 0 Å². The summed E-state index contributed by atoms with van der Waals surface area (Å²) < 4.78 is 1.26. The van der Waals surface area contributed by atoms with Gasteiger partial charge in [-0.1, -0.05) is 26.7 Å². The van der Waals surface area contributed by atoms with Crippen molar-refractivity contribution in [3.05, 3.63) is 0 Å². The number of halogens is 2. The first-order valence-electron chi connectivity index (χ1n) is 6.58. The van der Waals surface area contributed by atoms with Crippen LogP contribution in [0.5, 0.6) is 0 Å². The second-order valence-corrected chi connectivity index (χ2v) is 5.27. The van der Waals surface area contributed by atoms with Crippen molar-refractivity contribution in [3.63, 3.8) is 0 Å². The molecular formula is C13H29Cl2N. The van der Waals surface area contributed by atoms with Gasteiger partial charge in [0.25, 0.3) is 0 Å². The van der Waals surface area contributed by atoms with Gasteiger partial charge in [-0.25, -0.2) is 0 Å². The van der Waals surface area contributed by atoms with Gasteiger partial charge in [0, 0.05) is 5.88 Å². The van der Waals surface area contributed by atoms with Crippen LogP contribution in [0.25, 0.3) is 0 Å². The van der Waals surface area contributed by atoms with Crippen LogP contribution in [0.1, 0.15) is 52.4 Å². The van der Waals surface area contributed by atoms with Crippen molar-refractivity contribution in [2.75, 3.05) is 32.6 Å². The summed E-state index contributed by atoms with van der Waals surface area (Å²) in [5.41, 5.74) is 0. The van der Waals surface area contributed by atoms with Crippen molar-refractivity contribution >= 4 is 11.6 Å². The third kappa shape index (κ3) is 9.74. The van der Waals surface area contributed by atoms with E-state index in [9.17, 15) is 0 Å². The van der Waals surface area contributed by atoms with E-state index in [2.05, 4.69) is 20.9 Å². The van der Waals surface area contributed by atoms with Crippen LogP contribution in [0.15, 0.2) is 0 Å². The molecule has 0 aliphatic carbocycles. The fourth-order valence-electron chi connectivity index (χ4n) is 2.00. The maximum atomic E-state index is 5.73. The first-order chi connectivity index (χ1) is 7.18. The molecule has 0 heterocycles. The molecule has 0 aliphatic heterocycles. The first-order valence-corrected chi connectivity index (χ1v) is 7.11. The van der Waals surface area contributed by atoms with Crippen LogP contribution in [0.3, 0.4) is 0 Å². The van der Waals surface area contributed by atoms with Crippen molar-refractivity contribution in [1.29, 1.82) is 0 Å². The molecule has 0 rings (SSSR count). The number of hydrogen-bond donors (Lipinski definition) is 0. The highest BCUT2D eigenvalue weighted by Crippen LogP contribution is 2.11. The third-order valence-corrected chi connectivity index (χ3v) is 3.45. The molecule has 1 nitrogen and oxygen atoms in total. The summed E-state index contributed by atoms with van der Waals surface area (Å²) in [4.78, 5) is 0. The Bertz CT molecular complexity index is 132. The first kappa shape index (κ1) is 18.9. The Hall–Kier alpha value is 0.540. The largest absolute Gasteiger partial charge is 1.00 e. The Morgan fingerprint density at radius 2 is 1.25 bits per heavy atom. The van der Waals surface area contributed by atoms with Gasteiger partial charge in [-0.15, -0.1) is 11.6 Å². The quantitative estimate of drug-likeness (QED) is 0.316. The fourth-order valence-corrected chi connectivity index (χ4v) is 2.19. The minimum atomic E-state index is 0. The summed E-state index contributed by atoms with van der Waals surface area (Å²) in [5, 5.41) is 0. The number of unbranched alkanes of at least 4 members (excludes halogenated alkanes) is 3. The normalized spacial score (nSPS) is 11.2. The molecule has 0 amide bonds. The maximum absolute atomic E-state index is 5.73. The molecule has 0 N–H and O–H groups in total. The Labute approximate surface area is 114 Å². The zero-order valence-electron chi connectivity index (χ0n) is 11.3. The lowest BCUT2D eigenvalue weighted by molar-refractivity contribution is -0.910. The third-order valence-electron chi connectivity index (χ3n) is 3.18. The second-order valence-electron chi connectivity index (χ2n) is 4.89. The van der Waals surface area contributed by atoms with Gasteiger partial charge in [-0.2, -0.15) is 0 Å². The zero-order chi connectivity index (χ0) is 11.6. The smallest absolute Gasteiger partial charge is 0.0784 e. The summed E-state index contributed by atoms with van der Waals surface area (Å²) in [5.74, 6) is 0.821. The molecule has 0 unspecified atom stereocenters. The molecule has 0 spiro atoms. The topological polar surface area (TPSA) is 0 Å². The van der Waals surface area contributed by atoms with Crippen LogP contribution >= 0.6 is 11.6 Å². The lowest BCUT2D eigenvalue weighted by Gasteiger charge is -2.34. The van der Waals surface area contributed by atoms with Crippen molar-refractivity contribution < 1.29 is 16.9 Å². The second kappa shape index (κ2) is 12.0. The lowest BCUT2D eigenvalue weighted by Crippen LogP contribution is -3.00. The van der Waals surface area contributed by atoms with Gasteiger partial charge in [0.2, 0.25) is 0 Å². The molecule has 0 radical (unpaired) electrons. The lowest BCUT2D eigenvalue weighted by atomic mass is 10.2. The summed E-state index contributed by atoms with van der Waals surface area (Å²) >= 11 is 5.73. The monoisotopic (exact) mass is 269 g/mol. The number of hydrogen-bond acceptors (Lipinski definition) is 0. The predicted molar refractivity (Wildman–Crippen MR) is 70.6 cm³/mol. The predicted octanol–water partition coefficient (Wildman–Crippen LogP) is 1.06. The van der Waals surface area contributed by atoms with Crippen LogP contribution in [0.4, 0.5) is 0 Å². The summed E-state index contributed by atoms with van der Waals surface area (Å²) in [6.07, 6.45) is 7.81.